The molecule has 0 aliphatic carbocycles. The lowest BCUT2D eigenvalue weighted by molar-refractivity contribution is 0.0594. The summed E-state index contributed by atoms with van der Waals surface area (Å²) in [5.74, 6) is -0.183. The number of nitrogens with zero attached hydrogens (tertiary/aromatic N) is 4. The summed E-state index contributed by atoms with van der Waals surface area (Å²) in [6.07, 6.45) is 4.50. The van der Waals surface area contributed by atoms with E-state index in [0.717, 1.165) is 31.5 Å². The first kappa shape index (κ1) is 17.1. The van der Waals surface area contributed by atoms with E-state index in [2.05, 4.69) is 23.8 Å². The maximum Gasteiger partial charge on any atom is 0.272 e. The Morgan fingerprint density at radius 1 is 1.27 bits per heavy atom. The van der Waals surface area contributed by atoms with E-state index in [1.54, 1.807) is 36.1 Å². The van der Waals surface area contributed by atoms with Gasteiger partial charge >= 0.3 is 0 Å². The summed E-state index contributed by atoms with van der Waals surface area (Å²) in [4.78, 5) is 17.4. The molecule has 0 unspecified atom stereocenters. The third kappa shape index (κ3) is 2.68. The van der Waals surface area contributed by atoms with Crippen LogP contribution in [0.25, 0.3) is 0 Å². The number of carbonyl (C=O) groups excluding carboxylic acids is 1. The van der Waals surface area contributed by atoms with Gasteiger partial charge in [0, 0.05) is 31.0 Å². The van der Waals surface area contributed by atoms with E-state index in [1.165, 1.54) is 6.07 Å². The van der Waals surface area contributed by atoms with Crippen molar-refractivity contribution in [2.75, 3.05) is 11.4 Å². The second kappa shape index (κ2) is 6.11. The average molecular weight is 356 g/mol. The van der Waals surface area contributed by atoms with E-state index < -0.39 is 0 Å². The van der Waals surface area contributed by atoms with E-state index in [4.69, 9.17) is 0 Å². The highest BCUT2D eigenvalue weighted by molar-refractivity contribution is 5.93. The van der Waals surface area contributed by atoms with Crippen molar-refractivity contribution < 1.29 is 9.18 Å². The van der Waals surface area contributed by atoms with E-state index in [-0.39, 0.29) is 29.3 Å². The predicted molar refractivity (Wildman–Crippen MR) is 98.6 cm³/mol. The minimum atomic E-state index is -0.222. The van der Waals surface area contributed by atoms with Gasteiger partial charge in [0.15, 0.2) is 0 Å². The van der Waals surface area contributed by atoms with Gasteiger partial charge in [-0.15, -0.1) is 0 Å². The van der Waals surface area contributed by atoms with Gasteiger partial charge in [0.1, 0.15) is 11.5 Å². The Labute approximate surface area is 153 Å². The second-order valence-electron chi connectivity index (χ2n) is 7.98. The lowest BCUT2D eigenvalue weighted by Crippen LogP contribution is -2.53. The molecule has 0 radical (unpaired) electrons. The number of halogens is 1. The Kier molecular flexibility index (Phi) is 4.01. The monoisotopic (exact) mass is 356 g/mol. The van der Waals surface area contributed by atoms with Crippen molar-refractivity contribution in [3.63, 3.8) is 0 Å². The minimum Gasteiger partial charge on any atom is -0.361 e. The summed E-state index contributed by atoms with van der Waals surface area (Å²) < 4.78 is 15.5. The van der Waals surface area contributed by atoms with Crippen LogP contribution >= 0.6 is 0 Å². The normalized spacial score (nSPS) is 24.6. The average Bonchev–Trinajstić information content (AvgIpc) is 3.12. The fourth-order valence-corrected chi connectivity index (χ4v) is 4.79. The predicted octanol–water partition coefficient (Wildman–Crippen LogP) is 3.22. The minimum absolute atomic E-state index is 0.0385. The molecule has 1 aromatic heterocycles. The molecule has 2 atom stereocenters. The van der Waals surface area contributed by atoms with E-state index >= 15 is 0 Å². The van der Waals surface area contributed by atoms with Gasteiger partial charge in [0.05, 0.1) is 12.1 Å². The quantitative estimate of drug-likeness (QED) is 0.830. The molecule has 0 spiro atoms. The van der Waals surface area contributed by atoms with Gasteiger partial charge in [0.25, 0.3) is 5.91 Å². The van der Waals surface area contributed by atoms with Gasteiger partial charge < -0.3 is 9.80 Å². The van der Waals surface area contributed by atoms with Crippen LogP contribution in [0.2, 0.25) is 0 Å². The summed E-state index contributed by atoms with van der Waals surface area (Å²) >= 11 is 0. The van der Waals surface area contributed by atoms with Crippen LogP contribution in [0.1, 0.15) is 43.6 Å². The first-order chi connectivity index (χ1) is 12.4. The lowest BCUT2D eigenvalue weighted by Gasteiger charge is -2.42. The van der Waals surface area contributed by atoms with Crippen LogP contribution in [0.5, 0.6) is 0 Å². The molecular formula is C20H25FN4O. The molecule has 5 nitrogen and oxygen atoms in total. The van der Waals surface area contributed by atoms with Crippen LogP contribution in [0.4, 0.5) is 10.1 Å². The maximum atomic E-state index is 13.8. The molecule has 2 aliphatic heterocycles. The molecule has 138 valence electrons. The van der Waals surface area contributed by atoms with E-state index in [9.17, 15) is 9.18 Å². The van der Waals surface area contributed by atoms with Gasteiger partial charge in [-0.3, -0.25) is 9.48 Å². The SMILES string of the molecule is Cn1nccc1C(=O)N1CCC[C@H]2[C@@H]1CC(C)(C)N2c1cccc(F)c1. The highest BCUT2D eigenvalue weighted by atomic mass is 19.1. The second-order valence-corrected chi connectivity index (χ2v) is 7.98. The van der Waals surface area contributed by atoms with Crippen LogP contribution < -0.4 is 4.90 Å². The van der Waals surface area contributed by atoms with Gasteiger partial charge in [0.2, 0.25) is 0 Å². The number of aryl methyl sites for hydroxylation is 1. The van der Waals surface area contributed by atoms with Crippen LogP contribution in [0, 0.1) is 5.82 Å². The number of benzene rings is 1. The van der Waals surface area contributed by atoms with Crippen molar-refractivity contribution in [1.82, 2.24) is 14.7 Å². The van der Waals surface area contributed by atoms with Gasteiger partial charge in [-0.2, -0.15) is 5.10 Å². The molecule has 2 saturated heterocycles. The molecule has 2 fully saturated rings. The van der Waals surface area contributed by atoms with Crippen LogP contribution in [-0.4, -0.2) is 44.8 Å². The van der Waals surface area contributed by atoms with Crippen molar-refractivity contribution in [1.29, 1.82) is 0 Å². The molecule has 2 aromatic rings. The maximum absolute atomic E-state index is 13.8. The number of rotatable bonds is 2. The number of anilines is 1. The first-order valence-corrected chi connectivity index (χ1v) is 9.22. The fraction of sp³-hybridized carbons (Fsp3) is 0.500. The van der Waals surface area contributed by atoms with Crippen LogP contribution in [-0.2, 0) is 7.05 Å². The van der Waals surface area contributed by atoms with Gasteiger partial charge in [-0.25, -0.2) is 4.39 Å². The summed E-state index contributed by atoms with van der Waals surface area (Å²) in [5, 5.41) is 4.14. The Bertz CT molecular complexity index is 831. The Balaban J connectivity index is 1.68. The summed E-state index contributed by atoms with van der Waals surface area (Å²) in [6.45, 7) is 5.13. The molecule has 0 saturated carbocycles. The number of amides is 1. The Hall–Kier alpha value is -2.37. The number of aromatic nitrogens is 2. The van der Waals surface area contributed by atoms with Crippen molar-refractivity contribution in [3.8, 4) is 0 Å². The molecule has 1 aromatic carbocycles. The van der Waals surface area contributed by atoms with E-state index in [1.807, 2.05) is 11.0 Å². The largest absolute Gasteiger partial charge is 0.361 e. The number of likely N-dealkylation sites (tertiary alicyclic amines) is 1. The molecule has 2 aliphatic rings. The number of carbonyl (C=O) groups is 1. The Morgan fingerprint density at radius 2 is 2.08 bits per heavy atom. The third-order valence-electron chi connectivity index (χ3n) is 5.82. The summed E-state index contributed by atoms with van der Waals surface area (Å²) in [6, 6.07) is 8.91. The van der Waals surface area contributed by atoms with Gasteiger partial charge in [-0.05, 0) is 57.4 Å². The molecule has 4 rings (SSSR count). The molecule has 6 heteroatoms. The number of hydrogen-bond acceptors (Lipinski definition) is 3. The lowest BCUT2D eigenvalue weighted by atomic mass is 9.94. The fourth-order valence-electron chi connectivity index (χ4n) is 4.79. The number of piperidine rings is 1. The van der Waals surface area contributed by atoms with Crippen molar-refractivity contribution in [2.24, 2.45) is 7.05 Å². The van der Waals surface area contributed by atoms with Crippen LogP contribution in [0.15, 0.2) is 36.5 Å². The third-order valence-corrected chi connectivity index (χ3v) is 5.82. The van der Waals surface area contributed by atoms with Crippen molar-refractivity contribution in [2.45, 2.75) is 50.7 Å². The molecular weight excluding hydrogens is 331 g/mol. The molecule has 1 amide bonds. The van der Waals surface area contributed by atoms with E-state index in [0.29, 0.717) is 5.69 Å². The van der Waals surface area contributed by atoms with Crippen molar-refractivity contribution >= 4 is 11.6 Å². The number of fused-ring (bicyclic) bond motifs is 1. The molecule has 3 heterocycles. The smallest absolute Gasteiger partial charge is 0.272 e. The Morgan fingerprint density at radius 3 is 2.77 bits per heavy atom. The number of hydrogen-bond donors (Lipinski definition) is 0. The summed E-state index contributed by atoms with van der Waals surface area (Å²) in [7, 11) is 1.80. The van der Waals surface area contributed by atoms with Gasteiger partial charge in [-0.1, -0.05) is 6.07 Å². The standard InChI is InChI=1S/C20H25FN4O/c1-20(2)13-18-16(25(20)15-7-4-6-14(21)12-15)8-5-11-24(18)19(26)17-9-10-22-23(17)3/h4,6-7,9-10,12,16,18H,5,8,11,13H2,1-3H3/t16-,18-/m0/s1. The molecule has 0 N–H and O–H groups in total. The van der Waals surface area contributed by atoms with Crippen molar-refractivity contribution in [3.05, 3.63) is 48.0 Å². The highest BCUT2D eigenvalue weighted by Gasteiger charge is 2.51. The van der Waals surface area contributed by atoms with Crippen LogP contribution in [0.3, 0.4) is 0 Å². The molecule has 26 heavy (non-hydrogen) atoms. The first-order valence-electron chi connectivity index (χ1n) is 9.22. The topological polar surface area (TPSA) is 41.4 Å². The zero-order valence-corrected chi connectivity index (χ0v) is 15.5. The highest BCUT2D eigenvalue weighted by Crippen LogP contribution is 2.44. The summed E-state index contributed by atoms with van der Waals surface area (Å²) in [5.41, 5.74) is 1.38. The zero-order chi connectivity index (χ0) is 18.5. The zero-order valence-electron chi connectivity index (χ0n) is 15.5. The molecule has 0 bridgehead atoms.